The van der Waals surface area contributed by atoms with Crippen molar-refractivity contribution in [2.45, 2.75) is 4.90 Å². The van der Waals surface area contributed by atoms with Crippen molar-refractivity contribution in [3.63, 3.8) is 0 Å². The van der Waals surface area contributed by atoms with Gasteiger partial charge in [0.05, 0.1) is 17.1 Å². The van der Waals surface area contributed by atoms with Gasteiger partial charge in [-0.2, -0.15) is 0 Å². The number of carbonyl (C=O) groups is 2. The first-order valence-electron chi connectivity index (χ1n) is 6.57. The number of anilines is 1. The molecular weight excluding hydrogens is 320 g/mol. The second-order valence-electron chi connectivity index (χ2n) is 4.44. The number of hydrogen-bond acceptors (Lipinski definition) is 3. The van der Waals surface area contributed by atoms with E-state index in [0.717, 1.165) is 4.90 Å². The molecule has 6 heteroatoms. The molecule has 2 N–H and O–H groups in total. The van der Waals surface area contributed by atoms with E-state index in [4.69, 9.17) is 11.6 Å². The van der Waals surface area contributed by atoms with Crippen LogP contribution in [0, 0.1) is 0 Å². The fraction of sp³-hybridized carbons (Fsp3) is 0.125. The molecule has 2 aromatic carbocycles. The van der Waals surface area contributed by atoms with Crippen LogP contribution in [0.3, 0.4) is 0 Å². The Balaban J connectivity index is 1.90. The van der Waals surface area contributed by atoms with Crippen molar-refractivity contribution < 1.29 is 9.59 Å². The highest BCUT2D eigenvalue weighted by molar-refractivity contribution is 7.98. The molecule has 0 aliphatic carbocycles. The average Bonchev–Trinajstić information content (AvgIpc) is 2.53. The van der Waals surface area contributed by atoms with E-state index < -0.39 is 0 Å². The van der Waals surface area contributed by atoms with Gasteiger partial charge in [0.15, 0.2) is 0 Å². The van der Waals surface area contributed by atoms with Crippen LogP contribution in [0.1, 0.15) is 10.4 Å². The number of nitrogens with one attached hydrogen (secondary N) is 2. The molecule has 0 spiro atoms. The molecule has 0 aliphatic rings. The quantitative estimate of drug-likeness (QED) is 0.824. The molecule has 2 amide bonds. The maximum Gasteiger partial charge on any atom is 0.253 e. The highest BCUT2D eigenvalue weighted by Gasteiger charge is 2.11. The molecule has 0 bridgehead atoms. The van der Waals surface area contributed by atoms with Crippen molar-refractivity contribution in [2.24, 2.45) is 0 Å². The van der Waals surface area contributed by atoms with Crippen LogP contribution in [-0.2, 0) is 4.79 Å². The topological polar surface area (TPSA) is 58.2 Å². The average molecular weight is 335 g/mol. The van der Waals surface area contributed by atoms with Gasteiger partial charge in [-0.1, -0.05) is 29.8 Å². The van der Waals surface area contributed by atoms with Gasteiger partial charge in [-0.3, -0.25) is 9.59 Å². The molecule has 0 saturated carbocycles. The number of benzene rings is 2. The zero-order chi connectivity index (χ0) is 15.9. The molecule has 0 fully saturated rings. The Morgan fingerprint density at radius 3 is 2.64 bits per heavy atom. The summed E-state index contributed by atoms with van der Waals surface area (Å²) >= 11 is 7.53. The molecule has 0 radical (unpaired) electrons. The number of hydrogen-bond donors (Lipinski definition) is 2. The standard InChI is InChI=1S/C16H15ClN2O2S/c1-22-12-6-4-5-11(9-12)19-15(20)10-18-16(21)13-7-2-3-8-14(13)17/h2-9H,10H2,1H3,(H,18,21)(H,19,20). The van der Waals surface area contributed by atoms with Gasteiger partial charge in [0.25, 0.3) is 5.91 Å². The van der Waals surface area contributed by atoms with Crippen LogP contribution in [0.5, 0.6) is 0 Å². The molecule has 114 valence electrons. The van der Waals surface area contributed by atoms with E-state index in [2.05, 4.69) is 10.6 Å². The van der Waals surface area contributed by atoms with Gasteiger partial charge < -0.3 is 10.6 Å². The molecule has 0 aliphatic heterocycles. The summed E-state index contributed by atoms with van der Waals surface area (Å²) in [6.45, 7) is -0.118. The van der Waals surface area contributed by atoms with E-state index in [9.17, 15) is 9.59 Å². The minimum absolute atomic E-state index is 0.118. The summed E-state index contributed by atoms with van der Waals surface area (Å²) in [5.41, 5.74) is 1.05. The smallest absolute Gasteiger partial charge is 0.253 e. The first-order valence-corrected chi connectivity index (χ1v) is 8.17. The lowest BCUT2D eigenvalue weighted by Crippen LogP contribution is -2.33. The van der Waals surface area contributed by atoms with Gasteiger partial charge in [0, 0.05) is 10.6 Å². The molecule has 0 aromatic heterocycles. The molecule has 0 unspecified atom stereocenters. The van der Waals surface area contributed by atoms with E-state index >= 15 is 0 Å². The summed E-state index contributed by atoms with van der Waals surface area (Å²) in [4.78, 5) is 24.9. The summed E-state index contributed by atoms with van der Waals surface area (Å²) in [6, 6.07) is 14.2. The van der Waals surface area contributed by atoms with Crippen LogP contribution in [0.25, 0.3) is 0 Å². The number of halogens is 1. The largest absolute Gasteiger partial charge is 0.343 e. The van der Waals surface area contributed by atoms with Gasteiger partial charge in [0.2, 0.25) is 5.91 Å². The van der Waals surface area contributed by atoms with Gasteiger partial charge in [-0.05, 0) is 36.6 Å². The monoisotopic (exact) mass is 334 g/mol. The Kier molecular flexibility index (Phi) is 5.86. The summed E-state index contributed by atoms with van der Waals surface area (Å²) in [5, 5.41) is 5.64. The maximum atomic E-state index is 11.9. The molecular formula is C16H15ClN2O2S. The Bertz CT molecular complexity index is 691. The molecule has 22 heavy (non-hydrogen) atoms. The minimum Gasteiger partial charge on any atom is -0.343 e. The maximum absolute atomic E-state index is 11.9. The van der Waals surface area contributed by atoms with Crippen LogP contribution in [0.2, 0.25) is 5.02 Å². The Hall–Kier alpha value is -1.98. The number of amides is 2. The van der Waals surface area contributed by atoms with Crippen LogP contribution in [-0.4, -0.2) is 24.6 Å². The Morgan fingerprint density at radius 2 is 1.91 bits per heavy atom. The highest BCUT2D eigenvalue weighted by atomic mass is 35.5. The van der Waals surface area contributed by atoms with Crippen molar-refractivity contribution >= 4 is 40.9 Å². The van der Waals surface area contributed by atoms with Crippen LogP contribution < -0.4 is 10.6 Å². The molecule has 2 aromatic rings. The minimum atomic E-state index is -0.376. The van der Waals surface area contributed by atoms with Crippen LogP contribution in [0.4, 0.5) is 5.69 Å². The van der Waals surface area contributed by atoms with Crippen LogP contribution >= 0.6 is 23.4 Å². The third kappa shape index (κ3) is 4.51. The van der Waals surface area contributed by atoms with Gasteiger partial charge >= 0.3 is 0 Å². The fourth-order valence-corrected chi connectivity index (χ4v) is 2.49. The first-order chi connectivity index (χ1) is 10.6. The second-order valence-corrected chi connectivity index (χ2v) is 5.73. The first kappa shape index (κ1) is 16.4. The zero-order valence-electron chi connectivity index (χ0n) is 11.9. The summed E-state index contributed by atoms with van der Waals surface area (Å²) < 4.78 is 0. The third-order valence-corrected chi connectivity index (χ3v) is 3.94. The van der Waals surface area contributed by atoms with Crippen molar-refractivity contribution in [2.75, 3.05) is 18.1 Å². The van der Waals surface area contributed by atoms with Crippen LogP contribution in [0.15, 0.2) is 53.4 Å². The van der Waals surface area contributed by atoms with E-state index in [1.165, 1.54) is 0 Å². The number of thioether (sulfide) groups is 1. The summed E-state index contributed by atoms with van der Waals surface area (Å²) in [6.07, 6.45) is 1.96. The third-order valence-electron chi connectivity index (χ3n) is 2.88. The molecule has 4 nitrogen and oxygen atoms in total. The molecule has 2 rings (SSSR count). The van der Waals surface area contributed by atoms with Gasteiger partial charge in [0.1, 0.15) is 0 Å². The van der Waals surface area contributed by atoms with E-state index in [1.54, 1.807) is 42.1 Å². The SMILES string of the molecule is CSc1cccc(NC(=O)CNC(=O)c2ccccc2Cl)c1. The number of carbonyl (C=O) groups excluding carboxylic acids is 2. The lowest BCUT2D eigenvalue weighted by atomic mass is 10.2. The Labute approximate surface area is 138 Å². The van der Waals surface area contributed by atoms with Crippen molar-refractivity contribution in [1.29, 1.82) is 0 Å². The Morgan fingerprint density at radius 1 is 1.14 bits per heavy atom. The second kappa shape index (κ2) is 7.87. The highest BCUT2D eigenvalue weighted by Crippen LogP contribution is 2.18. The predicted molar refractivity (Wildman–Crippen MR) is 90.6 cm³/mol. The fourth-order valence-electron chi connectivity index (χ4n) is 1.81. The van der Waals surface area contributed by atoms with Gasteiger partial charge in [-0.15, -0.1) is 11.8 Å². The van der Waals surface area contributed by atoms with E-state index in [-0.39, 0.29) is 18.4 Å². The predicted octanol–water partition coefficient (Wildman–Crippen LogP) is 3.43. The van der Waals surface area contributed by atoms with Crippen molar-refractivity contribution in [3.8, 4) is 0 Å². The van der Waals surface area contributed by atoms with Crippen molar-refractivity contribution in [1.82, 2.24) is 5.32 Å². The van der Waals surface area contributed by atoms with Gasteiger partial charge in [-0.25, -0.2) is 0 Å². The zero-order valence-corrected chi connectivity index (χ0v) is 13.5. The van der Waals surface area contributed by atoms with E-state index in [1.807, 2.05) is 24.5 Å². The lowest BCUT2D eigenvalue weighted by molar-refractivity contribution is -0.115. The normalized spacial score (nSPS) is 10.1. The lowest BCUT2D eigenvalue weighted by Gasteiger charge is -2.08. The van der Waals surface area contributed by atoms with E-state index in [0.29, 0.717) is 16.3 Å². The number of rotatable bonds is 5. The molecule has 0 saturated heterocycles. The van der Waals surface area contributed by atoms with Crippen molar-refractivity contribution in [3.05, 3.63) is 59.1 Å². The summed E-state index contributed by atoms with van der Waals surface area (Å²) in [7, 11) is 0. The summed E-state index contributed by atoms with van der Waals surface area (Å²) in [5.74, 6) is -0.669. The molecule has 0 heterocycles. The molecule has 0 atom stereocenters.